The Morgan fingerprint density at radius 2 is 1.59 bits per heavy atom. The maximum absolute atomic E-state index is 12.9. The number of hydrogen-bond donors (Lipinski definition) is 0. The summed E-state index contributed by atoms with van der Waals surface area (Å²) in [5, 5.41) is 0. The number of piperazine rings is 1. The highest BCUT2D eigenvalue weighted by atomic mass is 32.2. The molecule has 0 unspecified atom stereocenters. The van der Waals surface area contributed by atoms with Crippen molar-refractivity contribution in [2.24, 2.45) is 0 Å². The number of amides is 1. The molecule has 13 heteroatoms. The molecule has 1 aliphatic heterocycles. The molecule has 1 saturated heterocycles. The van der Waals surface area contributed by atoms with Gasteiger partial charge < -0.3 is 18.7 Å². The van der Waals surface area contributed by atoms with Gasteiger partial charge in [0.15, 0.2) is 0 Å². The van der Waals surface area contributed by atoms with E-state index in [0.29, 0.717) is 43.4 Å². The largest absolute Gasteiger partial charge is 0.534 e. The highest BCUT2D eigenvalue weighted by Gasteiger charge is 2.49. The predicted molar refractivity (Wildman–Crippen MR) is 132 cm³/mol. The molecule has 9 nitrogen and oxygen atoms in total. The van der Waals surface area contributed by atoms with Gasteiger partial charge in [0, 0.05) is 43.5 Å². The summed E-state index contributed by atoms with van der Waals surface area (Å²) in [5.41, 5.74) is -5.55. The smallest absolute Gasteiger partial charge is 0.444 e. The highest BCUT2D eigenvalue weighted by Crippen LogP contribution is 2.37. The Kier molecular flexibility index (Phi) is 7.69. The number of anilines is 1. The molecule has 0 N–H and O–H groups in total. The van der Waals surface area contributed by atoms with E-state index >= 15 is 0 Å². The second kappa shape index (κ2) is 9.99. The zero-order valence-corrected chi connectivity index (χ0v) is 22.4. The van der Waals surface area contributed by atoms with Gasteiger partial charge in [-0.2, -0.15) is 21.6 Å². The van der Waals surface area contributed by atoms with Crippen LogP contribution in [0.5, 0.6) is 5.75 Å². The molecular weight excluding hydrogens is 513 g/mol. The minimum Gasteiger partial charge on any atom is -0.444 e. The fourth-order valence-corrected chi connectivity index (χ4v) is 4.07. The Balaban J connectivity index is 1.83. The first-order valence-corrected chi connectivity index (χ1v) is 13.0. The minimum absolute atomic E-state index is 0.268. The number of aromatic nitrogens is 2. The molecule has 37 heavy (non-hydrogen) atoms. The summed E-state index contributed by atoms with van der Waals surface area (Å²) >= 11 is 0. The topological polar surface area (TPSA) is 102 Å². The van der Waals surface area contributed by atoms with Gasteiger partial charge in [-0.25, -0.2) is 14.8 Å². The number of carbonyl (C=O) groups is 1. The van der Waals surface area contributed by atoms with E-state index in [2.05, 4.69) is 14.2 Å². The van der Waals surface area contributed by atoms with Crippen LogP contribution < -0.4 is 9.08 Å². The molecule has 0 bridgehead atoms. The van der Waals surface area contributed by atoms with Crippen molar-refractivity contribution in [1.29, 1.82) is 0 Å². The van der Waals surface area contributed by atoms with Crippen LogP contribution in [0.1, 0.15) is 47.1 Å². The Hall–Kier alpha value is -3.09. The van der Waals surface area contributed by atoms with Crippen molar-refractivity contribution in [1.82, 2.24) is 14.9 Å². The Morgan fingerprint density at radius 1 is 0.973 bits per heavy atom. The molecule has 1 aromatic carbocycles. The number of nitrogens with zero attached hydrogens (tertiary/aromatic N) is 4. The van der Waals surface area contributed by atoms with Crippen molar-refractivity contribution >= 4 is 22.2 Å². The van der Waals surface area contributed by atoms with Crippen LogP contribution in [0.3, 0.4) is 0 Å². The first-order chi connectivity index (χ1) is 16.9. The van der Waals surface area contributed by atoms with Gasteiger partial charge in [-0.15, -0.1) is 0 Å². The number of carbonyl (C=O) groups excluding carboxylic acids is 1. The van der Waals surface area contributed by atoms with Crippen LogP contribution in [-0.4, -0.2) is 66.7 Å². The van der Waals surface area contributed by atoms with E-state index in [4.69, 9.17) is 4.74 Å². The first-order valence-electron chi connectivity index (χ1n) is 11.6. The van der Waals surface area contributed by atoms with Crippen LogP contribution in [0.15, 0.2) is 30.5 Å². The number of halogens is 3. The SMILES string of the molecule is CC(C)(C)OC(=O)N1CCN(c2nccc(-c3ccc(OS(=O)(=O)C(F)(F)F)c(C(C)(C)C)c3)n2)CC1. The summed E-state index contributed by atoms with van der Waals surface area (Å²) in [4.78, 5) is 24.8. The summed E-state index contributed by atoms with van der Waals surface area (Å²) in [6.45, 7) is 12.4. The lowest BCUT2D eigenvalue weighted by Crippen LogP contribution is -2.50. The third-order valence-electron chi connectivity index (χ3n) is 5.42. The Morgan fingerprint density at radius 3 is 2.14 bits per heavy atom. The first kappa shape index (κ1) is 28.5. The van der Waals surface area contributed by atoms with Crippen LogP contribution >= 0.6 is 0 Å². The van der Waals surface area contributed by atoms with Gasteiger partial charge >= 0.3 is 21.7 Å². The number of hydrogen-bond acceptors (Lipinski definition) is 8. The summed E-state index contributed by atoms with van der Waals surface area (Å²) in [6.07, 6.45) is 1.18. The maximum atomic E-state index is 12.9. The number of rotatable bonds is 4. The Bertz CT molecular complexity index is 1250. The fraction of sp³-hybridized carbons (Fsp3) is 0.542. The molecule has 1 aliphatic rings. The van der Waals surface area contributed by atoms with Crippen molar-refractivity contribution in [2.45, 2.75) is 58.1 Å². The third-order valence-corrected chi connectivity index (χ3v) is 6.39. The van der Waals surface area contributed by atoms with E-state index in [1.165, 1.54) is 12.1 Å². The molecule has 0 atom stereocenters. The third kappa shape index (κ3) is 7.02. The average Bonchev–Trinajstić information content (AvgIpc) is 2.77. The fourth-order valence-electron chi connectivity index (χ4n) is 3.59. The van der Waals surface area contributed by atoms with E-state index in [1.807, 2.05) is 4.90 Å². The van der Waals surface area contributed by atoms with Crippen molar-refractivity contribution < 1.29 is 35.3 Å². The monoisotopic (exact) mass is 544 g/mol. The summed E-state index contributed by atoms with van der Waals surface area (Å²) in [6, 6.07) is 5.85. The summed E-state index contributed by atoms with van der Waals surface area (Å²) < 4.78 is 71.8. The molecule has 0 radical (unpaired) electrons. The zero-order valence-electron chi connectivity index (χ0n) is 21.6. The molecule has 1 amide bonds. The van der Waals surface area contributed by atoms with Gasteiger partial charge in [-0.3, -0.25) is 0 Å². The molecule has 0 spiro atoms. The molecule has 2 aromatic rings. The van der Waals surface area contributed by atoms with Gasteiger partial charge in [-0.05, 0) is 50.5 Å². The number of benzene rings is 1. The number of ether oxygens (including phenoxy) is 1. The molecule has 3 rings (SSSR count). The second-order valence-corrected chi connectivity index (χ2v) is 12.2. The summed E-state index contributed by atoms with van der Waals surface area (Å²) in [5.74, 6) is 0.0275. The molecule has 0 aliphatic carbocycles. The lowest BCUT2D eigenvalue weighted by molar-refractivity contribution is -0.0500. The van der Waals surface area contributed by atoms with Crippen molar-refractivity contribution in [3.63, 3.8) is 0 Å². The standard InChI is InChI=1S/C24H31F3N4O5S/c1-22(2,3)17-15-16(7-8-19(17)36-37(33,34)24(25,26)27)18-9-10-28-20(29-18)30-11-13-31(14-12-30)21(32)35-23(4,5)6/h7-10,15H,11-14H2,1-6H3. The van der Waals surface area contributed by atoms with Crippen molar-refractivity contribution in [2.75, 3.05) is 31.1 Å². The lowest BCUT2D eigenvalue weighted by atomic mass is 9.85. The van der Waals surface area contributed by atoms with Gasteiger partial charge in [0.05, 0.1) is 5.69 Å². The van der Waals surface area contributed by atoms with E-state index in [1.54, 1.807) is 64.8 Å². The maximum Gasteiger partial charge on any atom is 0.534 e. The number of alkyl halides is 3. The molecule has 1 aromatic heterocycles. The van der Waals surface area contributed by atoms with Crippen LogP contribution in [0.4, 0.5) is 23.9 Å². The molecule has 1 fully saturated rings. The predicted octanol–water partition coefficient (Wildman–Crippen LogP) is 4.73. The van der Waals surface area contributed by atoms with E-state index in [-0.39, 0.29) is 11.7 Å². The lowest BCUT2D eigenvalue weighted by Gasteiger charge is -2.35. The van der Waals surface area contributed by atoms with Crippen LogP contribution in [0, 0.1) is 0 Å². The second-order valence-electron chi connectivity index (χ2n) is 10.6. The van der Waals surface area contributed by atoms with Gasteiger partial charge in [-0.1, -0.05) is 20.8 Å². The highest BCUT2D eigenvalue weighted by molar-refractivity contribution is 7.88. The minimum atomic E-state index is -5.82. The van der Waals surface area contributed by atoms with Crippen LogP contribution in [0.25, 0.3) is 11.3 Å². The average molecular weight is 545 g/mol. The van der Waals surface area contributed by atoms with E-state index in [9.17, 15) is 26.4 Å². The summed E-state index contributed by atoms with van der Waals surface area (Å²) in [7, 11) is -5.82. The van der Waals surface area contributed by atoms with E-state index < -0.39 is 32.4 Å². The quantitative estimate of drug-likeness (QED) is 0.402. The van der Waals surface area contributed by atoms with Gasteiger partial charge in [0.25, 0.3) is 0 Å². The molecular formula is C24H31F3N4O5S. The molecule has 2 heterocycles. The van der Waals surface area contributed by atoms with Crippen LogP contribution in [-0.2, 0) is 20.3 Å². The molecule has 0 saturated carbocycles. The van der Waals surface area contributed by atoms with Gasteiger partial charge in [0.1, 0.15) is 11.4 Å². The van der Waals surface area contributed by atoms with Crippen molar-refractivity contribution in [3.05, 3.63) is 36.0 Å². The van der Waals surface area contributed by atoms with Crippen molar-refractivity contribution in [3.8, 4) is 17.0 Å². The molecule has 204 valence electrons. The Labute approximate surface area is 214 Å². The normalized spacial score (nSPS) is 15.5. The van der Waals surface area contributed by atoms with Crippen LogP contribution in [0.2, 0.25) is 0 Å². The van der Waals surface area contributed by atoms with Gasteiger partial charge in [0.2, 0.25) is 5.95 Å². The van der Waals surface area contributed by atoms with E-state index in [0.717, 1.165) is 0 Å². The zero-order chi connectivity index (χ0) is 27.8.